The number of pyridine rings is 1. The van der Waals surface area contributed by atoms with E-state index in [2.05, 4.69) is 26.3 Å². The molecule has 1 aliphatic heterocycles. The lowest BCUT2D eigenvalue weighted by Crippen LogP contribution is -2.32. The molecule has 0 spiro atoms. The molecule has 1 fully saturated rings. The van der Waals surface area contributed by atoms with Crippen molar-refractivity contribution in [2.75, 3.05) is 13.1 Å². The van der Waals surface area contributed by atoms with Crippen molar-refractivity contribution in [3.63, 3.8) is 0 Å². The van der Waals surface area contributed by atoms with Gasteiger partial charge in [-0.15, -0.1) is 5.10 Å². The number of hydrogen-bond donors (Lipinski definition) is 1. The predicted octanol–water partition coefficient (Wildman–Crippen LogP) is 2.95. The molecule has 0 unspecified atom stereocenters. The van der Waals surface area contributed by atoms with Crippen LogP contribution in [0.5, 0.6) is 5.75 Å². The van der Waals surface area contributed by atoms with Crippen LogP contribution in [-0.4, -0.2) is 43.1 Å². The zero-order valence-electron chi connectivity index (χ0n) is 15.0. The Balaban J connectivity index is 1.30. The summed E-state index contributed by atoms with van der Waals surface area (Å²) in [6, 6.07) is 10.6. The SMILES string of the molecule is Oc1cccc(C2CCN(Cc3cn(Cc4ccc(F)cn4)nn3)CC2)c1. The molecule has 27 heavy (non-hydrogen) atoms. The van der Waals surface area contributed by atoms with E-state index in [9.17, 15) is 9.50 Å². The van der Waals surface area contributed by atoms with E-state index in [1.807, 2.05) is 18.3 Å². The topological polar surface area (TPSA) is 67.1 Å². The van der Waals surface area contributed by atoms with Crippen LogP contribution in [0.3, 0.4) is 0 Å². The molecule has 6 nitrogen and oxygen atoms in total. The Morgan fingerprint density at radius 3 is 2.67 bits per heavy atom. The van der Waals surface area contributed by atoms with Crippen molar-refractivity contribution in [2.45, 2.75) is 31.8 Å². The highest BCUT2D eigenvalue weighted by atomic mass is 19.1. The third-order valence-corrected chi connectivity index (χ3v) is 5.01. The number of nitrogens with zero attached hydrogens (tertiary/aromatic N) is 5. The Hall–Kier alpha value is -2.80. The van der Waals surface area contributed by atoms with Crippen molar-refractivity contribution in [3.8, 4) is 5.75 Å². The van der Waals surface area contributed by atoms with Crippen LogP contribution in [0.2, 0.25) is 0 Å². The van der Waals surface area contributed by atoms with E-state index in [1.165, 1.54) is 17.8 Å². The number of aromatic nitrogens is 4. The average Bonchev–Trinajstić information content (AvgIpc) is 3.11. The zero-order chi connectivity index (χ0) is 18.6. The van der Waals surface area contributed by atoms with Crippen LogP contribution in [0.25, 0.3) is 0 Å². The first-order chi connectivity index (χ1) is 13.2. The summed E-state index contributed by atoms with van der Waals surface area (Å²) in [4.78, 5) is 6.43. The second-order valence-electron chi connectivity index (χ2n) is 7.02. The van der Waals surface area contributed by atoms with Crippen LogP contribution in [0.1, 0.15) is 35.7 Å². The van der Waals surface area contributed by atoms with Crippen LogP contribution in [-0.2, 0) is 13.1 Å². The van der Waals surface area contributed by atoms with E-state index in [0.717, 1.165) is 43.9 Å². The quantitative estimate of drug-likeness (QED) is 0.751. The fraction of sp³-hybridized carbons (Fsp3) is 0.350. The molecule has 3 heterocycles. The summed E-state index contributed by atoms with van der Waals surface area (Å²) in [5.74, 6) is 0.489. The Labute approximate surface area is 157 Å². The Kier molecular flexibility index (Phi) is 5.11. The summed E-state index contributed by atoms with van der Waals surface area (Å²) in [6.07, 6.45) is 5.27. The van der Waals surface area contributed by atoms with E-state index < -0.39 is 0 Å². The molecule has 0 atom stereocenters. The molecular formula is C20H22FN5O. The first-order valence-corrected chi connectivity index (χ1v) is 9.16. The smallest absolute Gasteiger partial charge is 0.141 e. The summed E-state index contributed by atoms with van der Waals surface area (Å²) in [7, 11) is 0. The number of hydrogen-bond acceptors (Lipinski definition) is 5. The van der Waals surface area contributed by atoms with Gasteiger partial charge < -0.3 is 5.11 Å². The number of aromatic hydroxyl groups is 1. The molecule has 0 amide bonds. The molecule has 140 valence electrons. The second-order valence-corrected chi connectivity index (χ2v) is 7.02. The zero-order valence-corrected chi connectivity index (χ0v) is 15.0. The van der Waals surface area contributed by atoms with Gasteiger partial charge in [-0.3, -0.25) is 9.88 Å². The highest BCUT2D eigenvalue weighted by Crippen LogP contribution is 2.30. The van der Waals surface area contributed by atoms with Gasteiger partial charge in [0.2, 0.25) is 0 Å². The minimum Gasteiger partial charge on any atom is -0.508 e. The van der Waals surface area contributed by atoms with Gasteiger partial charge in [-0.25, -0.2) is 9.07 Å². The van der Waals surface area contributed by atoms with Crippen molar-refractivity contribution in [3.05, 3.63) is 71.6 Å². The molecule has 4 rings (SSSR count). The molecule has 3 aromatic rings. The largest absolute Gasteiger partial charge is 0.508 e. The summed E-state index contributed by atoms with van der Waals surface area (Å²) < 4.78 is 14.7. The molecule has 7 heteroatoms. The maximum atomic E-state index is 12.9. The van der Waals surface area contributed by atoms with Crippen molar-refractivity contribution < 1.29 is 9.50 Å². The summed E-state index contributed by atoms with van der Waals surface area (Å²) in [5, 5.41) is 18.1. The monoisotopic (exact) mass is 367 g/mol. The number of halogens is 1. The van der Waals surface area contributed by atoms with E-state index in [-0.39, 0.29) is 5.82 Å². The third-order valence-electron chi connectivity index (χ3n) is 5.01. The van der Waals surface area contributed by atoms with Gasteiger partial charge in [0.05, 0.1) is 30.3 Å². The van der Waals surface area contributed by atoms with Gasteiger partial charge >= 0.3 is 0 Å². The summed E-state index contributed by atoms with van der Waals surface area (Å²) in [5.41, 5.74) is 2.89. The first kappa shape index (κ1) is 17.6. The normalized spacial score (nSPS) is 15.9. The first-order valence-electron chi connectivity index (χ1n) is 9.16. The van der Waals surface area contributed by atoms with E-state index in [4.69, 9.17) is 0 Å². The number of piperidine rings is 1. The van der Waals surface area contributed by atoms with Gasteiger partial charge in [0.25, 0.3) is 0 Å². The Bertz CT molecular complexity index is 887. The minimum atomic E-state index is -0.341. The van der Waals surface area contributed by atoms with Gasteiger partial charge in [0.15, 0.2) is 0 Å². The van der Waals surface area contributed by atoms with Crippen LogP contribution >= 0.6 is 0 Å². The molecular weight excluding hydrogens is 345 g/mol. The predicted molar refractivity (Wildman–Crippen MR) is 98.7 cm³/mol. The highest BCUT2D eigenvalue weighted by molar-refractivity contribution is 5.30. The molecule has 2 aromatic heterocycles. The van der Waals surface area contributed by atoms with Crippen molar-refractivity contribution in [1.82, 2.24) is 24.9 Å². The number of benzene rings is 1. The molecule has 0 bridgehead atoms. The molecule has 1 saturated heterocycles. The lowest BCUT2D eigenvalue weighted by Gasteiger charge is -2.31. The van der Waals surface area contributed by atoms with Crippen molar-refractivity contribution >= 4 is 0 Å². The fourth-order valence-corrected chi connectivity index (χ4v) is 3.59. The van der Waals surface area contributed by atoms with Crippen LogP contribution in [0.4, 0.5) is 4.39 Å². The van der Waals surface area contributed by atoms with Crippen LogP contribution < -0.4 is 0 Å². The number of phenolic OH excluding ortho intramolecular Hbond substituents is 1. The minimum absolute atomic E-state index is 0.335. The molecule has 1 aromatic carbocycles. The Morgan fingerprint density at radius 2 is 1.93 bits per heavy atom. The highest BCUT2D eigenvalue weighted by Gasteiger charge is 2.21. The van der Waals surface area contributed by atoms with Crippen LogP contribution in [0, 0.1) is 5.82 Å². The second kappa shape index (κ2) is 7.84. The third kappa shape index (κ3) is 4.49. The van der Waals surface area contributed by atoms with Gasteiger partial charge in [-0.1, -0.05) is 17.3 Å². The fourth-order valence-electron chi connectivity index (χ4n) is 3.59. The maximum Gasteiger partial charge on any atom is 0.141 e. The number of rotatable bonds is 5. The summed E-state index contributed by atoms with van der Waals surface area (Å²) >= 11 is 0. The Morgan fingerprint density at radius 1 is 1.07 bits per heavy atom. The molecule has 0 saturated carbocycles. The average molecular weight is 367 g/mol. The van der Waals surface area contributed by atoms with Gasteiger partial charge in [0, 0.05) is 6.54 Å². The van der Waals surface area contributed by atoms with Crippen LogP contribution in [0.15, 0.2) is 48.8 Å². The molecule has 1 aliphatic rings. The van der Waals surface area contributed by atoms with Gasteiger partial charge in [-0.05, 0) is 61.7 Å². The number of likely N-dealkylation sites (tertiary alicyclic amines) is 1. The maximum absolute atomic E-state index is 12.9. The van der Waals surface area contributed by atoms with Gasteiger partial charge in [0.1, 0.15) is 11.6 Å². The molecule has 1 N–H and O–H groups in total. The van der Waals surface area contributed by atoms with Crippen molar-refractivity contribution in [1.29, 1.82) is 0 Å². The summed E-state index contributed by atoms with van der Waals surface area (Å²) in [6.45, 7) is 3.23. The standard InChI is InChI=1S/C20H22FN5O/c21-17-4-5-18(22-11-17)13-26-14-19(23-24-26)12-25-8-6-15(7-9-25)16-2-1-3-20(27)10-16/h1-5,10-11,14-15,27H,6-9,12-13H2. The lowest BCUT2D eigenvalue weighted by atomic mass is 9.89. The van der Waals surface area contributed by atoms with Gasteiger partial charge in [-0.2, -0.15) is 0 Å². The van der Waals surface area contributed by atoms with E-state index in [0.29, 0.717) is 18.2 Å². The van der Waals surface area contributed by atoms with E-state index in [1.54, 1.807) is 16.8 Å². The number of phenols is 1. The van der Waals surface area contributed by atoms with E-state index >= 15 is 0 Å². The molecule has 0 radical (unpaired) electrons. The van der Waals surface area contributed by atoms with Crippen molar-refractivity contribution in [2.24, 2.45) is 0 Å². The lowest BCUT2D eigenvalue weighted by molar-refractivity contribution is 0.202. The molecule has 0 aliphatic carbocycles.